The van der Waals surface area contributed by atoms with Gasteiger partial charge in [-0.3, -0.25) is 0 Å². The monoisotopic (exact) mass is 513 g/mol. The molecule has 35 heavy (non-hydrogen) atoms. The molecule has 0 saturated carbocycles. The van der Waals surface area contributed by atoms with Gasteiger partial charge >= 0.3 is 6.16 Å². The number of rotatable bonds is 8. The van der Waals surface area contributed by atoms with Crippen LogP contribution in [0, 0.1) is 0 Å². The molecule has 0 atom stereocenters. The third-order valence-corrected chi connectivity index (χ3v) is 7.43. The van der Waals surface area contributed by atoms with E-state index in [1.54, 1.807) is 35.5 Å². The minimum atomic E-state index is -0.702. The first kappa shape index (κ1) is 23.2. The average Bonchev–Trinajstić information content (AvgIpc) is 3.66. The molecule has 0 N–H and O–H groups in total. The van der Waals surface area contributed by atoms with Crippen LogP contribution in [-0.4, -0.2) is 56.0 Å². The van der Waals surface area contributed by atoms with Crippen LogP contribution >= 0.6 is 22.7 Å². The summed E-state index contributed by atoms with van der Waals surface area (Å²) < 4.78 is 17.4. The van der Waals surface area contributed by atoms with Crippen molar-refractivity contribution in [3.05, 3.63) is 52.9 Å². The van der Waals surface area contributed by atoms with Crippen LogP contribution in [0.25, 0.3) is 5.69 Å². The van der Waals surface area contributed by atoms with Crippen molar-refractivity contribution in [1.82, 2.24) is 30.2 Å². The third-order valence-electron chi connectivity index (χ3n) is 5.44. The standard InChI is InChI=1S/C22H23N7O4S2/c1-2-31-22(30)33-19-11-23-21(35-19)28-9-7-15(8-10-28)20-25-16(13-34-20)12-32-18-5-3-17(4-6-18)29-14-24-26-27-29/h3-6,11,13-15H,2,7-10,12H2,1H3. The van der Waals surface area contributed by atoms with E-state index < -0.39 is 6.16 Å². The van der Waals surface area contributed by atoms with Crippen LogP contribution in [0.4, 0.5) is 9.93 Å². The maximum atomic E-state index is 11.5. The lowest BCUT2D eigenvalue weighted by Crippen LogP contribution is -2.32. The molecule has 0 spiro atoms. The number of anilines is 1. The minimum absolute atomic E-state index is 0.276. The molecule has 11 nitrogen and oxygen atoms in total. The van der Waals surface area contributed by atoms with Crippen LogP contribution in [0.2, 0.25) is 0 Å². The zero-order chi connectivity index (χ0) is 24.0. The summed E-state index contributed by atoms with van der Waals surface area (Å²) in [5.74, 6) is 1.18. The van der Waals surface area contributed by atoms with Crippen LogP contribution < -0.4 is 14.4 Å². The van der Waals surface area contributed by atoms with Gasteiger partial charge in [-0.05, 0) is 54.5 Å². The van der Waals surface area contributed by atoms with Gasteiger partial charge in [0.2, 0.25) is 5.06 Å². The first-order chi connectivity index (χ1) is 17.2. The number of carbonyl (C=O) groups is 1. The van der Waals surface area contributed by atoms with E-state index in [1.165, 1.54) is 11.3 Å². The molecule has 1 aliphatic heterocycles. The lowest BCUT2D eigenvalue weighted by atomic mass is 9.98. The number of carbonyl (C=O) groups excluding carboxylic acids is 1. The SMILES string of the molecule is CCOC(=O)Oc1cnc(N2CCC(c3nc(COc4ccc(-n5cnnn5)cc4)cs3)CC2)s1. The van der Waals surface area contributed by atoms with Crippen LogP contribution in [0.5, 0.6) is 10.8 Å². The molecular formula is C22H23N7O4S2. The fourth-order valence-corrected chi connectivity index (χ4v) is 5.49. The number of hydrogen-bond donors (Lipinski definition) is 0. The Morgan fingerprint density at radius 1 is 1.20 bits per heavy atom. The molecule has 0 amide bonds. The molecule has 1 fully saturated rings. The number of ether oxygens (including phenoxy) is 3. The van der Waals surface area contributed by atoms with Crippen molar-refractivity contribution in [3.8, 4) is 16.5 Å². The number of hydrogen-bond acceptors (Lipinski definition) is 12. The first-order valence-corrected chi connectivity index (χ1v) is 12.8. The highest BCUT2D eigenvalue weighted by Gasteiger charge is 2.25. The first-order valence-electron chi connectivity index (χ1n) is 11.1. The second-order valence-corrected chi connectivity index (χ2v) is 9.58. The van der Waals surface area contributed by atoms with Gasteiger partial charge in [-0.1, -0.05) is 11.3 Å². The quantitative estimate of drug-likeness (QED) is 0.319. The maximum Gasteiger partial charge on any atom is 0.514 e. The zero-order valence-corrected chi connectivity index (χ0v) is 20.6. The van der Waals surface area contributed by atoms with Gasteiger partial charge in [0.25, 0.3) is 0 Å². The van der Waals surface area contributed by atoms with Gasteiger partial charge < -0.3 is 19.1 Å². The van der Waals surface area contributed by atoms with Crippen molar-refractivity contribution in [2.75, 3.05) is 24.6 Å². The molecular weight excluding hydrogens is 490 g/mol. The Morgan fingerprint density at radius 2 is 2.03 bits per heavy atom. The second kappa shape index (κ2) is 10.8. The van der Waals surface area contributed by atoms with Crippen molar-refractivity contribution in [2.45, 2.75) is 32.3 Å². The lowest BCUT2D eigenvalue weighted by Gasteiger charge is -2.30. The minimum Gasteiger partial charge on any atom is -0.487 e. The highest BCUT2D eigenvalue weighted by molar-refractivity contribution is 7.17. The summed E-state index contributed by atoms with van der Waals surface area (Å²) in [5, 5.41) is 15.7. The van der Waals surface area contributed by atoms with Crippen molar-refractivity contribution < 1.29 is 19.0 Å². The van der Waals surface area contributed by atoms with Gasteiger partial charge in [0, 0.05) is 24.4 Å². The van der Waals surface area contributed by atoms with Gasteiger partial charge in [-0.15, -0.1) is 16.4 Å². The number of aromatic nitrogens is 6. The van der Waals surface area contributed by atoms with Crippen molar-refractivity contribution in [3.63, 3.8) is 0 Å². The lowest BCUT2D eigenvalue weighted by molar-refractivity contribution is 0.105. The van der Waals surface area contributed by atoms with E-state index in [9.17, 15) is 4.79 Å². The fourth-order valence-electron chi connectivity index (χ4n) is 3.70. The fraction of sp³-hybridized carbons (Fsp3) is 0.364. The average molecular weight is 514 g/mol. The summed E-state index contributed by atoms with van der Waals surface area (Å²) >= 11 is 3.04. The number of benzene rings is 1. The molecule has 4 aromatic rings. The Bertz CT molecular complexity index is 1230. The molecule has 1 aliphatic rings. The largest absolute Gasteiger partial charge is 0.514 e. The number of thiazole rings is 2. The van der Waals surface area contributed by atoms with E-state index in [4.69, 9.17) is 19.2 Å². The Labute approximate surface area is 209 Å². The topological polar surface area (TPSA) is 117 Å². The predicted molar refractivity (Wildman–Crippen MR) is 130 cm³/mol. The van der Waals surface area contributed by atoms with Crippen LogP contribution in [0.1, 0.15) is 36.4 Å². The van der Waals surface area contributed by atoms with Gasteiger partial charge in [-0.25, -0.2) is 19.4 Å². The highest BCUT2D eigenvalue weighted by Crippen LogP contribution is 2.35. The molecule has 0 aliphatic carbocycles. The Balaban J connectivity index is 1.10. The molecule has 0 bridgehead atoms. The summed E-state index contributed by atoms with van der Waals surface area (Å²) in [6.07, 6.45) is 4.38. The van der Waals surface area contributed by atoms with Crippen molar-refractivity contribution in [1.29, 1.82) is 0 Å². The Morgan fingerprint density at radius 3 is 2.77 bits per heavy atom. The Hall–Kier alpha value is -3.58. The molecule has 1 saturated heterocycles. The van der Waals surface area contributed by atoms with Gasteiger partial charge in [0.1, 0.15) is 18.7 Å². The molecule has 0 radical (unpaired) electrons. The summed E-state index contributed by atoms with van der Waals surface area (Å²) in [5.41, 5.74) is 1.79. The molecule has 4 heterocycles. The van der Waals surface area contributed by atoms with E-state index in [0.717, 1.165) is 53.2 Å². The zero-order valence-electron chi connectivity index (χ0n) is 18.9. The van der Waals surface area contributed by atoms with E-state index in [2.05, 4.69) is 30.8 Å². The Kier molecular flexibility index (Phi) is 7.14. The van der Waals surface area contributed by atoms with Crippen LogP contribution in [0.3, 0.4) is 0 Å². The molecule has 5 rings (SSSR count). The maximum absolute atomic E-state index is 11.5. The normalized spacial score (nSPS) is 14.1. The second-order valence-electron chi connectivity index (χ2n) is 7.72. The van der Waals surface area contributed by atoms with E-state index in [1.807, 2.05) is 24.3 Å². The van der Waals surface area contributed by atoms with Gasteiger partial charge in [0.05, 0.1) is 29.2 Å². The van der Waals surface area contributed by atoms with Gasteiger partial charge in [0.15, 0.2) is 5.13 Å². The van der Waals surface area contributed by atoms with Gasteiger partial charge in [-0.2, -0.15) is 0 Å². The highest BCUT2D eigenvalue weighted by atomic mass is 32.1. The van der Waals surface area contributed by atoms with Crippen molar-refractivity contribution in [2.24, 2.45) is 0 Å². The molecule has 0 unspecified atom stereocenters. The van der Waals surface area contributed by atoms with Crippen molar-refractivity contribution >= 4 is 34.0 Å². The number of piperidine rings is 1. The summed E-state index contributed by atoms with van der Waals surface area (Å²) in [6, 6.07) is 7.59. The smallest absolute Gasteiger partial charge is 0.487 e. The van der Waals surface area contributed by atoms with E-state index in [0.29, 0.717) is 17.6 Å². The van der Waals surface area contributed by atoms with E-state index in [-0.39, 0.29) is 6.61 Å². The third kappa shape index (κ3) is 5.74. The summed E-state index contributed by atoms with van der Waals surface area (Å²) in [4.78, 5) is 22.9. The summed E-state index contributed by atoms with van der Waals surface area (Å²) in [6.45, 7) is 4.17. The molecule has 1 aromatic carbocycles. The predicted octanol–water partition coefficient (Wildman–Crippen LogP) is 4.07. The van der Waals surface area contributed by atoms with Crippen LogP contribution in [-0.2, 0) is 11.3 Å². The van der Waals surface area contributed by atoms with E-state index >= 15 is 0 Å². The molecule has 13 heteroatoms. The number of nitrogens with zero attached hydrogens (tertiary/aromatic N) is 7. The summed E-state index contributed by atoms with van der Waals surface area (Å²) in [7, 11) is 0. The molecule has 3 aromatic heterocycles. The number of tetrazole rings is 1. The molecule has 182 valence electrons. The van der Waals surface area contributed by atoms with Crippen LogP contribution in [0.15, 0.2) is 42.2 Å².